The molecule has 1 aromatic carbocycles. The molecule has 17 heavy (non-hydrogen) atoms. The highest BCUT2D eigenvalue weighted by molar-refractivity contribution is 6.30. The third kappa shape index (κ3) is 4.14. The van der Waals surface area contributed by atoms with Gasteiger partial charge in [-0.2, -0.15) is 0 Å². The van der Waals surface area contributed by atoms with E-state index in [1.165, 1.54) is 6.07 Å². The fourth-order valence-corrected chi connectivity index (χ4v) is 1.83. The van der Waals surface area contributed by atoms with Crippen molar-refractivity contribution in [2.45, 2.75) is 32.7 Å². The largest absolute Gasteiger partial charge is 0.310 e. The van der Waals surface area contributed by atoms with E-state index in [2.05, 4.69) is 18.8 Å². The molecule has 1 nitrogen and oxygen atoms in total. The minimum absolute atomic E-state index is 0.110. The molecule has 0 radical (unpaired) electrons. The average Bonchev–Trinajstić information content (AvgIpc) is 2.32. The van der Waals surface area contributed by atoms with Crippen molar-refractivity contribution in [1.29, 1.82) is 0 Å². The zero-order chi connectivity index (χ0) is 12.8. The molecule has 0 bridgehead atoms. The molecule has 0 fully saturated rings. The zero-order valence-corrected chi connectivity index (χ0v) is 11.1. The molecule has 1 atom stereocenters. The lowest BCUT2D eigenvalue weighted by atomic mass is 9.98. The Morgan fingerprint density at radius 1 is 1.47 bits per heavy atom. The second-order valence-corrected chi connectivity index (χ2v) is 4.50. The molecule has 1 N–H and O–H groups in total. The summed E-state index contributed by atoms with van der Waals surface area (Å²) in [7, 11) is 0. The third-order valence-corrected chi connectivity index (χ3v) is 3.10. The molecule has 0 aliphatic rings. The van der Waals surface area contributed by atoms with E-state index in [0.29, 0.717) is 0 Å². The van der Waals surface area contributed by atoms with Crippen molar-refractivity contribution in [3.63, 3.8) is 0 Å². The van der Waals surface area contributed by atoms with Gasteiger partial charge in [0.15, 0.2) is 0 Å². The van der Waals surface area contributed by atoms with Crippen molar-refractivity contribution in [3.05, 3.63) is 46.8 Å². The number of hydrogen-bond donors (Lipinski definition) is 1. The van der Waals surface area contributed by atoms with E-state index >= 15 is 0 Å². The van der Waals surface area contributed by atoms with Gasteiger partial charge in [0, 0.05) is 6.04 Å². The topological polar surface area (TPSA) is 12.0 Å². The minimum atomic E-state index is -0.366. The molecule has 3 heteroatoms. The van der Waals surface area contributed by atoms with E-state index < -0.39 is 0 Å². The summed E-state index contributed by atoms with van der Waals surface area (Å²) in [5, 5.41) is 3.51. The molecule has 0 saturated carbocycles. The summed E-state index contributed by atoms with van der Waals surface area (Å²) >= 11 is 5.68. The summed E-state index contributed by atoms with van der Waals surface area (Å²) in [5.41, 5.74) is 2.08. The molecule has 0 heterocycles. The number of hydrogen-bond acceptors (Lipinski definition) is 1. The van der Waals surface area contributed by atoms with Gasteiger partial charge < -0.3 is 5.32 Å². The Morgan fingerprint density at radius 2 is 2.18 bits per heavy atom. The molecule has 1 unspecified atom stereocenters. The molecular weight excluding hydrogens is 237 g/mol. The summed E-state index contributed by atoms with van der Waals surface area (Å²) < 4.78 is 13.4. The highest BCUT2D eigenvalue weighted by atomic mass is 35.5. The Kier molecular flexibility index (Phi) is 5.66. The predicted molar refractivity (Wildman–Crippen MR) is 71.9 cm³/mol. The van der Waals surface area contributed by atoms with E-state index in [1.807, 2.05) is 13.0 Å². The highest BCUT2D eigenvalue weighted by Crippen LogP contribution is 2.25. The van der Waals surface area contributed by atoms with E-state index in [-0.39, 0.29) is 16.9 Å². The number of rotatable bonds is 6. The van der Waals surface area contributed by atoms with Gasteiger partial charge in [-0.3, -0.25) is 0 Å². The van der Waals surface area contributed by atoms with Crippen LogP contribution in [0.5, 0.6) is 0 Å². The number of halogens is 2. The zero-order valence-electron chi connectivity index (χ0n) is 10.4. The Morgan fingerprint density at radius 3 is 2.71 bits per heavy atom. The standard InChI is InChI=1S/C14H19ClFN/c1-4-10(3)8-14(17-5-2)11-6-7-12(15)13(16)9-11/h6-7,9,14,17H,3-5,8H2,1-2H3. The van der Waals surface area contributed by atoms with Crippen molar-refractivity contribution in [2.24, 2.45) is 0 Å². The SMILES string of the molecule is C=C(CC)CC(NCC)c1ccc(Cl)c(F)c1. The van der Waals surface area contributed by atoms with Crippen molar-refractivity contribution in [3.8, 4) is 0 Å². The molecule has 0 aliphatic carbocycles. The van der Waals surface area contributed by atoms with Gasteiger partial charge in [0.1, 0.15) is 5.82 Å². The van der Waals surface area contributed by atoms with Gasteiger partial charge in [-0.05, 0) is 37.1 Å². The van der Waals surface area contributed by atoms with E-state index in [9.17, 15) is 4.39 Å². The normalized spacial score (nSPS) is 12.5. The Labute approximate surface area is 108 Å². The molecule has 1 rings (SSSR count). The maximum Gasteiger partial charge on any atom is 0.142 e. The van der Waals surface area contributed by atoms with Gasteiger partial charge in [0.05, 0.1) is 5.02 Å². The van der Waals surface area contributed by atoms with Gasteiger partial charge >= 0.3 is 0 Å². The van der Waals surface area contributed by atoms with Crippen LogP contribution in [0.4, 0.5) is 4.39 Å². The smallest absolute Gasteiger partial charge is 0.142 e. The first-order valence-corrected chi connectivity index (χ1v) is 6.31. The van der Waals surface area contributed by atoms with Crippen LogP contribution >= 0.6 is 11.6 Å². The Balaban J connectivity index is 2.88. The average molecular weight is 256 g/mol. The molecule has 0 aliphatic heterocycles. The van der Waals surface area contributed by atoms with E-state index in [1.54, 1.807) is 6.07 Å². The number of benzene rings is 1. The fraction of sp³-hybridized carbons (Fsp3) is 0.429. The summed E-state index contributed by atoms with van der Waals surface area (Å²) in [6, 6.07) is 5.07. The second kappa shape index (κ2) is 6.77. The predicted octanol–water partition coefficient (Wildman–Crippen LogP) is 4.49. The van der Waals surface area contributed by atoms with Crippen LogP contribution in [-0.2, 0) is 0 Å². The lowest BCUT2D eigenvalue weighted by Crippen LogP contribution is -2.21. The van der Waals surface area contributed by atoms with Crippen molar-refractivity contribution in [2.75, 3.05) is 6.54 Å². The van der Waals surface area contributed by atoms with E-state index in [4.69, 9.17) is 11.6 Å². The third-order valence-electron chi connectivity index (χ3n) is 2.79. The molecule has 94 valence electrons. The summed E-state index contributed by atoms with van der Waals surface area (Å²) in [6.45, 7) is 8.95. The quantitative estimate of drug-likeness (QED) is 0.739. The first-order chi connectivity index (χ1) is 8.08. The summed E-state index contributed by atoms with van der Waals surface area (Å²) in [6.07, 6.45) is 1.77. The van der Waals surface area contributed by atoms with Crippen LogP contribution in [-0.4, -0.2) is 6.54 Å². The van der Waals surface area contributed by atoms with Crippen LogP contribution in [0.3, 0.4) is 0 Å². The first-order valence-electron chi connectivity index (χ1n) is 5.93. The number of nitrogens with one attached hydrogen (secondary N) is 1. The van der Waals surface area contributed by atoms with Crippen LogP contribution in [0, 0.1) is 5.82 Å². The fourth-order valence-electron chi connectivity index (χ4n) is 1.72. The molecule has 1 aromatic rings. The van der Waals surface area contributed by atoms with Gasteiger partial charge in [0.25, 0.3) is 0 Å². The molecule has 0 saturated heterocycles. The van der Waals surface area contributed by atoms with Crippen LogP contribution < -0.4 is 5.32 Å². The maximum atomic E-state index is 13.4. The van der Waals surface area contributed by atoms with Crippen LogP contribution in [0.25, 0.3) is 0 Å². The minimum Gasteiger partial charge on any atom is -0.310 e. The monoisotopic (exact) mass is 255 g/mol. The van der Waals surface area contributed by atoms with Crippen LogP contribution in [0.1, 0.15) is 38.3 Å². The molecular formula is C14H19ClFN. The molecule has 0 aromatic heterocycles. The van der Waals surface area contributed by atoms with Gasteiger partial charge in [0.2, 0.25) is 0 Å². The summed E-state index contributed by atoms with van der Waals surface area (Å²) in [5.74, 6) is -0.366. The van der Waals surface area contributed by atoms with Crippen molar-refractivity contribution < 1.29 is 4.39 Å². The Bertz CT molecular complexity index is 390. The van der Waals surface area contributed by atoms with E-state index in [0.717, 1.165) is 30.5 Å². The van der Waals surface area contributed by atoms with Crippen molar-refractivity contribution >= 4 is 11.6 Å². The second-order valence-electron chi connectivity index (χ2n) is 4.09. The first kappa shape index (κ1) is 14.2. The van der Waals surface area contributed by atoms with Crippen LogP contribution in [0.2, 0.25) is 5.02 Å². The lowest BCUT2D eigenvalue weighted by Gasteiger charge is -2.19. The van der Waals surface area contributed by atoms with Crippen molar-refractivity contribution in [1.82, 2.24) is 5.32 Å². The lowest BCUT2D eigenvalue weighted by molar-refractivity contribution is 0.536. The molecule has 0 amide bonds. The molecule has 0 spiro atoms. The van der Waals surface area contributed by atoms with Crippen LogP contribution in [0.15, 0.2) is 30.4 Å². The van der Waals surface area contributed by atoms with Gasteiger partial charge in [-0.25, -0.2) is 4.39 Å². The van der Waals surface area contributed by atoms with Gasteiger partial charge in [-0.1, -0.05) is 43.7 Å². The Hall–Kier alpha value is -0.860. The van der Waals surface area contributed by atoms with Gasteiger partial charge in [-0.15, -0.1) is 0 Å². The summed E-state index contributed by atoms with van der Waals surface area (Å²) in [4.78, 5) is 0. The highest BCUT2D eigenvalue weighted by Gasteiger charge is 2.13. The maximum absolute atomic E-state index is 13.4.